The van der Waals surface area contributed by atoms with E-state index >= 15 is 0 Å². The van der Waals surface area contributed by atoms with Crippen molar-refractivity contribution in [3.8, 4) is 0 Å². The smallest absolute Gasteiger partial charge is 0.293 e. The lowest BCUT2D eigenvalue weighted by Crippen LogP contribution is -2.49. The molecule has 11 heteroatoms. The number of carbonyl (C=O) groups is 5. The van der Waals surface area contributed by atoms with E-state index < -0.39 is 35.9 Å². The first-order valence-electron chi connectivity index (χ1n) is 22.4. The van der Waals surface area contributed by atoms with Crippen LogP contribution in [0.25, 0.3) is 0 Å². The van der Waals surface area contributed by atoms with Crippen LogP contribution in [0.2, 0.25) is 0 Å². The summed E-state index contributed by atoms with van der Waals surface area (Å²) >= 11 is 0. The van der Waals surface area contributed by atoms with Gasteiger partial charge in [0.2, 0.25) is 5.78 Å². The average molecular weight is 825 g/mol. The van der Waals surface area contributed by atoms with Crippen LogP contribution >= 0.6 is 0 Å². The summed E-state index contributed by atoms with van der Waals surface area (Å²) in [5, 5.41) is 10.9. The van der Waals surface area contributed by atoms with Gasteiger partial charge >= 0.3 is 0 Å². The lowest BCUT2D eigenvalue weighted by molar-refractivity contribution is -0.161. The van der Waals surface area contributed by atoms with Gasteiger partial charge in [-0.2, -0.15) is 0 Å². The summed E-state index contributed by atoms with van der Waals surface area (Å²) in [6.07, 6.45) is 20.7. The normalized spacial score (nSPS) is 26.5. The van der Waals surface area contributed by atoms with Gasteiger partial charge in [0.05, 0.1) is 18.3 Å². The van der Waals surface area contributed by atoms with Crippen molar-refractivity contribution in [2.45, 2.75) is 174 Å². The molecular formula is C48H76N2O9. The van der Waals surface area contributed by atoms with Crippen LogP contribution < -0.4 is 5.73 Å². The number of piperidine rings is 1. The van der Waals surface area contributed by atoms with Gasteiger partial charge in [-0.15, -0.1) is 0 Å². The Bertz CT molecular complexity index is 1470. The maximum atomic E-state index is 13.2. The number of aliphatic hydroxyl groups excluding tert-OH is 1. The molecule has 1 aliphatic carbocycles. The van der Waals surface area contributed by atoms with Crippen LogP contribution in [0.4, 0.5) is 0 Å². The summed E-state index contributed by atoms with van der Waals surface area (Å²) < 4.78 is 17.4. The Balaban J connectivity index is 1.41. The number of hydrogen-bond donors (Lipinski definition) is 2. The van der Waals surface area contributed by atoms with Gasteiger partial charge in [0.15, 0.2) is 0 Å². The van der Waals surface area contributed by atoms with Crippen LogP contribution in [0.5, 0.6) is 0 Å². The van der Waals surface area contributed by atoms with Crippen LogP contribution in [0, 0.1) is 29.6 Å². The van der Waals surface area contributed by atoms with Crippen LogP contribution in [0.3, 0.4) is 0 Å². The van der Waals surface area contributed by atoms with Gasteiger partial charge in [-0.3, -0.25) is 24.0 Å². The Morgan fingerprint density at radius 1 is 0.898 bits per heavy atom. The molecule has 0 spiro atoms. The largest absolute Gasteiger partial charge is 0.464 e. The van der Waals surface area contributed by atoms with Gasteiger partial charge < -0.3 is 30.0 Å². The minimum absolute atomic E-state index is 0.00722. The van der Waals surface area contributed by atoms with Crippen molar-refractivity contribution in [3.05, 3.63) is 47.6 Å². The van der Waals surface area contributed by atoms with Gasteiger partial charge in [0, 0.05) is 57.3 Å². The summed E-state index contributed by atoms with van der Waals surface area (Å²) in [4.78, 5) is 65.1. The molecule has 3 aliphatic rings. The molecule has 0 aromatic heterocycles. The third kappa shape index (κ3) is 17.3. The Kier molecular flexibility index (Phi) is 22.2. The Morgan fingerprint density at radius 2 is 1.59 bits per heavy atom. The third-order valence-electron chi connectivity index (χ3n) is 12.9. The monoisotopic (exact) mass is 825 g/mol. The molecule has 1 saturated carbocycles. The van der Waals surface area contributed by atoms with Crippen molar-refractivity contribution in [1.29, 1.82) is 0 Å². The molecule has 1 amide bonds. The lowest BCUT2D eigenvalue weighted by Gasteiger charge is -2.36. The molecule has 3 fully saturated rings. The molecule has 2 saturated heterocycles. The highest BCUT2D eigenvalue weighted by atomic mass is 16.5. The molecule has 2 aliphatic heterocycles. The second-order valence-corrected chi connectivity index (χ2v) is 18.0. The minimum atomic E-state index is -0.981. The van der Waals surface area contributed by atoms with Crippen molar-refractivity contribution in [1.82, 2.24) is 4.90 Å². The number of amides is 1. The molecule has 332 valence electrons. The van der Waals surface area contributed by atoms with Crippen molar-refractivity contribution in [3.63, 3.8) is 0 Å². The van der Waals surface area contributed by atoms with E-state index in [1.54, 1.807) is 31.9 Å². The van der Waals surface area contributed by atoms with Gasteiger partial charge in [-0.25, -0.2) is 0 Å². The van der Waals surface area contributed by atoms with E-state index in [4.69, 9.17) is 19.9 Å². The number of nitrogens with zero attached hydrogens (tertiary/aromatic N) is 1. The van der Waals surface area contributed by atoms with E-state index in [9.17, 15) is 29.1 Å². The highest BCUT2D eigenvalue weighted by Crippen LogP contribution is 2.31. The molecule has 0 aromatic carbocycles. The fraction of sp³-hybridized carbons (Fsp3) is 0.729. The number of carbonyl (C=O) groups excluding carboxylic acids is 5. The zero-order valence-electron chi connectivity index (χ0n) is 37.2. The molecule has 7 unspecified atom stereocenters. The minimum Gasteiger partial charge on any atom is -0.464 e. The molecule has 2 heterocycles. The third-order valence-corrected chi connectivity index (χ3v) is 12.9. The molecule has 59 heavy (non-hydrogen) atoms. The van der Waals surface area contributed by atoms with Crippen LogP contribution in [0.15, 0.2) is 47.6 Å². The predicted octanol–water partition coefficient (Wildman–Crippen LogP) is 7.58. The van der Waals surface area contributed by atoms with E-state index in [0.717, 1.165) is 69.8 Å². The summed E-state index contributed by atoms with van der Waals surface area (Å²) in [7, 11) is 1.67. The standard InChI is InChI=1S/C48H76N2O9/c1-32(14-10-8-11-15-33(2)45(57-7)29-41-22-16-34(3)47(59-41)46(55)48(56)50-24-12-9-13-25-50)26-35(4)43(53)30-44(54)37(6)27-36(5)42(52)28-40(58-31-51)23-19-38-17-20-39(49)21-18-38/h8,10-11,14-15,27,31-32,34-36,38-41,44-45,47,54H,9,12-13,16-26,28-30,49H2,1-7H3/b11-8+,14-10+,33-15+,37-27+/t32?,34-,35?,36?,38?,39?,40?,41+,44?,45?,47?/m1/s1. The molecule has 11 nitrogen and oxygen atoms in total. The maximum Gasteiger partial charge on any atom is 0.293 e. The number of rotatable bonds is 24. The van der Waals surface area contributed by atoms with Crippen LogP contribution in [0.1, 0.15) is 138 Å². The van der Waals surface area contributed by atoms with Crippen LogP contribution in [-0.4, -0.2) is 96.5 Å². The van der Waals surface area contributed by atoms with E-state index in [1.165, 1.54) is 0 Å². The van der Waals surface area contributed by atoms with Crippen molar-refractivity contribution >= 4 is 29.7 Å². The topological polar surface area (TPSA) is 163 Å². The second-order valence-electron chi connectivity index (χ2n) is 18.0. The van der Waals surface area contributed by atoms with E-state index in [0.29, 0.717) is 50.3 Å². The SMILES string of the molecule is COC(C[C@@H]1CC[C@@H](C)C(C(=O)C(=O)N2CCCCC2)O1)/C(C)=C/C=C/C=C/C(C)CC(C)C(=O)CC(O)/C(C)=C/C(C)C(=O)CC(CCC1CCC(N)CC1)OC=O. The molecule has 0 radical (unpaired) electrons. The zero-order valence-corrected chi connectivity index (χ0v) is 37.2. The fourth-order valence-corrected chi connectivity index (χ4v) is 8.74. The first-order chi connectivity index (χ1) is 28.1. The molecule has 0 aromatic rings. The highest BCUT2D eigenvalue weighted by molar-refractivity contribution is 6.37. The summed E-state index contributed by atoms with van der Waals surface area (Å²) in [6.45, 7) is 13.1. The summed E-state index contributed by atoms with van der Waals surface area (Å²) in [5.41, 5.74) is 7.62. The number of aliphatic hydroxyl groups is 1. The number of ether oxygens (including phenoxy) is 3. The number of methoxy groups -OCH3 is 1. The molecule has 3 rings (SSSR count). The fourth-order valence-electron chi connectivity index (χ4n) is 8.74. The van der Waals surface area contributed by atoms with Crippen molar-refractivity contribution in [2.75, 3.05) is 20.2 Å². The van der Waals surface area contributed by atoms with Gasteiger partial charge in [-0.1, -0.05) is 64.2 Å². The van der Waals surface area contributed by atoms with E-state index in [2.05, 4.69) is 13.0 Å². The van der Waals surface area contributed by atoms with Gasteiger partial charge in [0.1, 0.15) is 23.8 Å². The number of Topliss-reactive ketones (excluding diaryl/α,β-unsaturated/α-hetero) is 3. The lowest BCUT2D eigenvalue weighted by atomic mass is 9.83. The number of ketones is 3. The number of hydrogen-bond acceptors (Lipinski definition) is 10. The first-order valence-corrected chi connectivity index (χ1v) is 22.4. The Hall–Kier alpha value is -3.25. The number of likely N-dealkylation sites (tertiary alicyclic amines) is 1. The molecule has 9 atom stereocenters. The quantitative estimate of drug-likeness (QED) is 0.0430. The van der Waals surface area contributed by atoms with E-state index in [1.807, 2.05) is 45.1 Å². The summed E-state index contributed by atoms with van der Waals surface area (Å²) in [5.74, 6) is -1.01. The first kappa shape index (κ1) is 50.1. The molecular weight excluding hydrogens is 749 g/mol. The highest BCUT2D eigenvalue weighted by Gasteiger charge is 2.39. The predicted molar refractivity (Wildman–Crippen MR) is 231 cm³/mol. The maximum absolute atomic E-state index is 13.2. The van der Waals surface area contributed by atoms with Gasteiger partial charge in [-0.05, 0) is 120 Å². The average Bonchev–Trinajstić information content (AvgIpc) is 3.22. The second kappa shape index (κ2) is 26.2. The van der Waals surface area contributed by atoms with Gasteiger partial charge in [0.25, 0.3) is 12.4 Å². The van der Waals surface area contributed by atoms with Crippen molar-refractivity contribution in [2.24, 2.45) is 35.3 Å². The number of nitrogens with two attached hydrogens (primary N) is 1. The van der Waals surface area contributed by atoms with E-state index in [-0.39, 0.29) is 60.4 Å². The number of allylic oxidation sites excluding steroid dienone is 6. The Morgan fingerprint density at radius 3 is 2.25 bits per heavy atom. The molecule has 0 bridgehead atoms. The Labute approximate surface area is 354 Å². The van der Waals surface area contributed by atoms with Crippen molar-refractivity contribution < 1.29 is 43.3 Å². The van der Waals surface area contributed by atoms with Crippen LogP contribution in [-0.2, 0) is 38.2 Å². The zero-order chi connectivity index (χ0) is 43.5. The molecule has 3 N–H and O–H groups in total. The summed E-state index contributed by atoms with van der Waals surface area (Å²) in [6, 6.07) is 0.272.